The van der Waals surface area contributed by atoms with Crippen LogP contribution in [-0.2, 0) is 24.4 Å². The van der Waals surface area contributed by atoms with Gasteiger partial charge >= 0.3 is 0 Å². The van der Waals surface area contributed by atoms with Crippen molar-refractivity contribution < 1.29 is 13.9 Å². The van der Waals surface area contributed by atoms with Crippen LogP contribution in [0.5, 0.6) is 5.88 Å². The van der Waals surface area contributed by atoms with Gasteiger partial charge in [-0.05, 0) is 87.5 Å². The summed E-state index contributed by atoms with van der Waals surface area (Å²) in [7, 11) is 0. The Labute approximate surface area is 282 Å². The molecule has 244 valence electrons. The van der Waals surface area contributed by atoms with E-state index in [4.69, 9.17) is 36.0 Å². The van der Waals surface area contributed by atoms with Gasteiger partial charge in [0.15, 0.2) is 5.82 Å². The first-order chi connectivity index (χ1) is 23.0. The zero-order valence-corrected chi connectivity index (χ0v) is 27.6. The van der Waals surface area contributed by atoms with Crippen LogP contribution in [0.2, 0.25) is 5.02 Å². The van der Waals surface area contributed by atoms with Crippen molar-refractivity contribution in [2.75, 3.05) is 25.4 Å². The monoisotopic (exact) mass is 673 g/mol. The molecule has 1 N–H and O–H groups in total. The van der Waals surface area contributed by atoms with Crippen molar-refractivity contribution in [3.8, 4) is 17.3 Å². The topological polar surface area (TPSA) is 94.0 Å². The van der Waals surface area contributed by atoms with Gasteiger partial charge in [0.05, 0.1) is 30.2 Å². The van der Waals surface area contributed by atoms with E-state index in [1.54, 1.807) is 23.9 Å². The molecule has 1 saturated carbocycles. The van der Waals surface area contributed by atoms with Crippen molar-refractivity contribution in [3.05, 3.63) is 82.5 Å². The number of hydrogen-bond donors (Lipinski definition) is 1. The maximum atomic E-state index is 14.2. The number of rotatable bonds is 12. The van der Waals surface area contributed by atoms with Crippen molar-refractivity contribution in [3.63, 3.8) is 0 Å². The van der Waals surface area contributed by atoms with Crippen molar-refractivity contribution in [2.24, 2.45) is 5.92 Å². The molecule has 12 heteroatoms. The van der Waals surface area contributed by atoms with Crippen molar-refractivity contribution in [1.82, 2.24) is 34.6 Å². The lowest BCUT2D eigenvalue weighted by Crippen LogP contribution is -2.35. The number of hydrogen-bond acceptors (Lipinski definition) is 8. The summed E-state index contributed by atoms with van der Waals surface area (Å²) in [6.07, 6.45) is 5.94. The van der Waals surface area contributed by atoms with Gasteiger partial charge in [-0.1, -0.05) is 35.5 Å². The molecule has 8 rings (SSSR count). The second-order valence-electron chi connectivity index (χ2n) is 12.8. The van der Waals surface area contributed by atoms with E-state index in [-0.39, 0.29) is 18.5 Å². The molecule has 9 nitrogen and oxygen atoms in total. The molecule has 0 unspecified atom stereocenters. The van der Waals surface area contributed by atoms with Gasteiger partial charge in [0.25, 0.3) is 0 Å². The van der Waals surface area contributed by atoms with Gasteiger partial charge in [0, 0.05) is 46.2 Å². The third-order valence-electron chi connectivity index (χ3n) is 9.40. The SMILES string of the molecule is Fc1cc(Cl)ccc1COc1cccc(C2CCN(Cc3nc4cc(-c5nc(SCC6CC6)n[nH]5)ccc4n3C[C@@H]3CCO3)CC2)n1. The predicted octanol–water partition coefficient (Wildman–Crippen LogP) is 7.26. The Kier molecular flexibility index (Phi) is 8.88. The lowest BCUT2D eigenvalue weighted by molar-refractivity contribution is -0.0592. The molecule has 3 fully saturated rings. The number of nitrogens with zero attached hydrogens (tertiary/aromatic N) is 6. The van der Waals surface area contributed by atoms with Crippen LogP contribution in [0.25, 0.3) is 22.4 Å². The lowest BCUT2D eigenvalue weighted by atomic mass is 9.93. The molecule has 2 aromatic carbocycles. The van der Waals surface area contributed by atoms with E-state index in [1.807, 2.05) is 12.1 Å². The molecule has 5 heterocycles. The Balaban J connectivity index is 0.931. The number of pyridine rings is 1. The van der Waals surface area contributed by atoms with Crippen LogP contribution < -0.4 is 4.74 Å². The summed E-state index contributed by atoms with van der Waals surface area (Å²) in [5.41, 5.74) is 4.55. The smallest absolute Gasteiger partial charge is 0.213 e. The summed E-state index contributed by atoms with van der Waals surface area (Å²) in [6.45, 7) is 4.40. The van der Waals surface area contributed by atoms with Crippen LogP contribution in [0, 0.1) is 11.7 Å². The number of fused-ring (bicyclic) bond motifs is 1. The molecule has 1 atom stereocenters. The zero-order valence-electron chi connectivity index (χ0n) is 26.1. The number of aromatic amines is 1. The van der Waals surface area contributed by atoms with E-state index < -0.39 is 0 Å². The van der Waals surface area contributed by atoms with E-state index in [0.717, 1.165) is 103 Å². The first kappa shape index (κ1) is 30.8. The number of halogens is 2. The largest absolute Gasteiger partial charge is 0.473 e. The molecule has 0 bridgehead atoms. The van der Waals surface area contributed by atoms with Gasteiger partial charge in [-0.15, -0.1) is 5.10 Å². The number of aromatic nitrogens is 6. The first-order valence-electron chi connectivity index (χ1n) is 16.5. The number of thioether (sulfide) groups is 1. The zero-order chi connectivity index (χ0) is 31.7. The molecule has 3 aromatic heterocycles. The van der Waals surface area contributed by atoms with Crippen molar-refractivity contribution in [2.45, 2.75) is 69.0 Å². The second kappa shape index (κ2) is 13.5. The van der Waals surface area contributed by atoms with Crippen LogP contribution in [-0.4, -0.2) is 66.2 Å². The first-order valence-corrected chi connectivity index (χ1v) is 17.8. The summed E-state index contributed by atoms with van der Waals surface area (Å²) in [5, 5.41) is 8.75. The highest BCUT2D eigenvalue weighted by Crippen LogP contribution is 2.35. The number of imidazole rings is 1. The summed E-state index contributed by atoms with van der Waals surface area (Å²) < 4.78 is 28.2. The number of ether oxygens (including phenoxy) is 2. The summed E-state index contributed by atoms with van der Waals surface area (Å²) in [6, 6.07) is 16.9. The quantitative estimate of drug-likeness (QED) is 0.138. The number of H-pyrrole nitrogens is 1. The third-order valence-corrected chi connectivity index (χ3v) is 10.7. The molecule has 2 saturated heterocycles. The minimum Gasteiger partial charge on any atom is -0.473 e. The maximum Gasteiger partial charge on any atom is 0.213 e. The van der Waals surface area contributed by atoms with E-state index in [9.17, 15) is 4.39 Å². The van der Waals surface area contributed by atoms with E-state index in [0.29, 0.717) is 22.4 Å². The molecular formula is C35H37ClFN7O2S. The van der Waals surface area contributed by atoms with Crippen LogP contribution in [0.3, 0.4) is 0 Å². The Morgan fingerprint density at radius 1 is 1.00 bits per heavy atom. The number of likely N-dealkylation sites (tertiary alicyclic amines) is 1. The second-order valence-corrected chi connectivity index (χ2v) is 14.2. The molecule has 0 radical (unpaired) electrons. The Morgan fingerprint density at radius 2 is 1.87 bits per heavy atom. The normalized spacial score (nSPS) is 18.9. The highest BCUT2D eigenvalue weighted by molar-refractivity contribution is 7.99. The molecule has 47 heavy (non-hydrogen) atoms. The summed E-state index contributed by atoms with van der Waals surface area (Å²) in [4.78, 5) is 17.2. The standard InChI is InChI=1S/C35H37ClFN7O2S/c36-26-8-6-25(28(37)17-26)20-46-33-3-1-2-29(39-33)23-10-13-43(14-11-23)19-32-38-30-16-24(7-9-31(30)44(32)18-27-12-15-45-27)34-40-35(42-41-34)47-21-22-4-5-22/h1-3,6-9,16-17,22-23,27H,4-5,10-15,18-21H2,(H,40,41,42)/t27-/m0/s1. The highest BCUT2D eigenvalue weighted by Gasteiger charge is 2.26. The van der Waals surface area contributed by atoms with Crippen LogP contribution >= 0.6 is 23.4 Å². The molecule has 5 aromatic rings. The minimum atomic E-state index is -0.378. The predicted molar refractivity (Wildman–Crippen MR) is 180 cm³/mol. The average Bonchev–Trinajstić information content (AvgIpc) is 3.67. The van der Waals surface area contributed by atoms with Crippen molar-refractivity contribution >= 4 is 34.4 Å². The Morgan fingerprint density at radius 3 is 2.66 bits per heavy atom. The van der Waals surface area contributed by atoms with Crippen LogP contribution in [0.1, 0.15) is 55.1 Å². The molecule has 2 aliphatic heterocycles. The van der Waals surface area contributed by atoms with Gasteiger partial charge in [-0.2, -0.15) is 0 Å². The Bertz CT molecular complexity index is 1870. The molecule has 1 aliphatic carbocycles. The van der Waals surface area contributed by atoms with Gasteiger partial charge in [-0.25, -0.2) is 19.3 Å². The Hall–Kier alpha value is -3.51. The molecule has 3 aliphatic rings. The average molecular weight is 674 g/mol. The molecular weight excluding hydrogens is 637 g/mol. The van der Waals surface area contributed by atoms with Gasteiger partial charge < -0.3 is 14.0 Å². The van der Waals surface area contributed by atoms with Crippen molar-refractivity contribution in [1.29, 1.82) is 0 Å². The van der Waals surface area contributed by atoms with E-state index in [2.05, 4.69) is 43.9 Å². The summed E-state index contributed by atoms with van der Waals surface area (Å²) in [5.74, 6) is 4.23. The van der Waals surface area contributed by atoms with Gasteiger partial charge in [0.2, 0.25) is 11.0 Å². The minimum absolute atomic E-state index is 0.102. The van der Waals surface area contributed by atoms with E-state index >= 15 is 0 Å². The fourth-order valence-corrected chi connectivity index (χ4v) is 7.46. The van der Waals surface area contributed by atoms with E-state index in [1.165, 1.54) is 18.9 Å². The van der Waals surface area contributed by atoms with Crippen LogP contribution in [0.4, 0.5) is 4.39 Å². The maximum absolute atomic E-state index is 14.2. The lowest BCUT2D eigenvalue weighted by Gasteiger charge is -2.32. The molecule has 0 amide bonds. The fraction of sp³-hybridized carbons (Fsp3) is 0.429. The third kappa shape index (κ3) is 7.18. The highest BCUT2D eigenvalue weighted by atomic mass is 35.5. The van der Waals surface area contributed by atoms with Crippen LogP contribution in [0.15, 0.2) is 59.8 Å². The summed E-state index contributed by atoms with van der Waals surface area (Å²) >= 11 is 7.62. The fourth-order valence-electron chi connectivity index (χ4n) is 6.32. The molecule has 0 spiro atoms. The van der Waals surface area contributed by atoms with Gasteiger partial charge in [0.1, 0.15) is 18.2 Å². The number of benzene rings is 2. The number of piperidine rings is 1. The van der Waals surface area contributed by atoms with Gasteiger partial charge in [-0.3, -0.25) is 10.00 Å². The number of nitrogens with one attached hydrogen (secondary N) is 1.